The second-order valence-electron chi connectivity index (χ2n) is 6.60. The van der Waals surface area contributed by atoms with Crippen LogP contribution in [0.5, 0.6) is 0 Å². The Hall–Kier alpha value is -1.30. The van der Waals surface area contributed by atoms with Crippen LogP contribution >= 0.6 is 23.2 Å². The average Bonchev–Trinajstić information content (AvgIpc) is 2.65. The number of halogens is 2. The Bertz CT molecular complexity index is 639. The highest BCUT2D eigenvalue weighted by molar-refractivity contribution is 6.42. The predicted molar refractivity (Wildman–Crippen MR) is 97.9 cm³/mol. The summed E-state index contributed by atoms with van der Waals surface area (Å²) < 4.78 is 5.32. The van der Waals surface area contributed by atoms with Gasteiger partial charge < -0.3 is 15.0 Å². The summed E-state index contributed by atoms with van der Waals surface area (Å²) >= 11 is 11.9. The van der Waals surface area contributed by atoms with Crippen molar-refractivity contribution < 1.29 is 14.3 Å². The molecule has 2 heterocycles. The zero-order valence-electron chi connectivity index (χ0n) is 14.0. The second kappa shape index (κ2) is 8.39. The molecular formula is C18H22Cl2N2O3. The van der Waals surface area contributed by atoms with Gasteiger partial charge in [0, 0.05) is 43.8 Å². The lowest BCUT2D eigenvalue weighted by molar-refractivity contribution is -0.141. The Kier molecular flexibility index (Phi) is 6.20. The molecule has 136 valence electrons. The molecule has 2 aliphatic rings. The molecule has 0 radical (unpaired) electrons. The number of carbonyl (C=O) groups excluding carboxylic acids is 2. The van der Waals surface area contributed by atoms with Crippen LogP contribution in [0, 0.1) is 11.8 Å². The summed E-state index contributed by atoms with van der Waals surface area (Å²) in [5.74, 6) is 0.173. The molecule has 25 heavy (non-hydrogen) atoms. The van der Waals surface area contributed by atoms with Gasteiger partial charge in [0.25, 0.3) is 0 Å². The minimum Gasteiger partial charge on any atom is -0.381 e. The smallest absolute Gasteiger partial charge is 0.227 e. The molecule has 2 amide bonds. The van der Waals surface area contributed by atoms with E-state index >= 15 is 0 Å². The summed E-state index contributed by atoms with van der Waals surface area (Å²) in [6.45, 7) is 2.60. The minimum absolute atomic E-state index is 0.0310. The average molecular weight is 385 g/mol. The van der Waals surface area contributed by atoms with Crippen LogP contribution in [0.4, 0.5) is 5.69 Å². The lowest BCUT2D eigenvalue weighted by Crippen LogP contribution is -2.45. The first-order valence-corrected chi connectivity index (χ1v) is 9.42. The number of rotatable bonds is 3. The van der Waals surface area contributed by atoms with E-state index in [4.69, 9.17) is 27.9 Å². The molecule has 3 rings (SSSR count). The first-order chi connectivity index (χ1) is 12.0. The molecular weight excluding hydrogens is 363 g/mol. The van der Waals surface area contributed by atoms with Crippen molar-refractivity contribution >= 4 is 40.7 Å². The van der Waals surface area contributed by atoms with Gasteiger partial charge in [-0.1, -0.05) is 23.2 Å². The lowest BCUT2D eigenvalue weighted by Gasteiger charge is -2.34. The number of carbonyl (C=O) groups is 2. The number of amides is 2. The van der Waals surface area contributed by atoms with E-state index in [1.807, 2.05) is 4.90 Å². The summed E-state index contributed by atoms with van der Waals surface area (Å²) in [5.41, 5.74) is 0.639. The van der Waals surface area contributed by atoms with Crippen LogP contribution in [0.25, 0.3) is 0 Å². The van der Waals surface area contributed by atoms with Crippen molar-refractivity contribution in [3.63, 3.8) is 0 Å². The number of hydrogen-bond acceptors (Lipinski definition) is 3. The number of anilines is 1. The molecule has 1 aromatic carbocycles. The molecule has 2 saturated heterocycles. The lowest BCUT2D eigenvalue weighted by atomic mass is 9.93. The van der Waals surface area contributed by atoms with Crippen molar-refractivity contribution in [1.29, 1.82) is 0 Å². The van der Waals surface area contributed by atoms with Crippen molar-refractivity contribution in [1.82, 2.24) is 4.90 Å². The van der Waals surface area contributed by atoms with Gasteiger partial charge in [-0.3, -0.25) is 9.59 Å². The molecule has 0 spiro atoms. The van der Waals surface area contributed by atoms with Gasteiger partial charge in [-0.15, -0.1) is 0 Å². The number of piperidine rings is 1. The van der Waals surface area contributed by atoms with Gasteiger partial charge in [0.15, 0.2) is 0 Å². The Morgan fingerprint density at radius 3 is 2.32 bits per heavy atom. The largest absolute Gasteiger partial charge is 0.381 e. The van der Waals surface area contributed by atoms with Crippen LogP contribution in [-0.4, -0.2) is 43.0 Å². The van der Waals surface area contributed by atoms with Crippen LogP contribution in [0.3, 0.4) is 0 Å². The summed E-state index contributed by atoms with van der Waals surface area (Å²) in [7, 11) is 0. The molecule has 0 aromatic heterocycles. The van der Waals surface area contributed by atoms with E-state index in [9.17, 15) is 9.59 Å². The molecule has 0 aliphatic carbocycles. The molecule has 0 atom stereocenters. The van der Waals surface area contributed by atoms with Crippen molar-refractivity contribution in [3.8, 4) is 0 Å². The molecule has 7 heteroatoms. The minimum atomic E-state index is -0.0896. The highest BCUT2D eigenvalue weighted by Gasteiger charge is 2.31. The second-order valence-corrected chi connectivity index (χ2v) is 7.42. The third-order valence-corrected chi connectivity index (χ3v) is 5.67. The topological polar surface area (TPSA) is 58.6 Å². The molecule has 0 unspecified atom stereocenters. The van der Waals surface area contributed by atoms with Crippen LogP contribution in [0.1, 0.15) is 25.7 Å². The van der Waals surface area contributed by atoms with E-state index in [0.29, 0.717) is 54.9 Å². The first kappa shape index (κ1) is 18.5. The number of benzene rings is 1. The number of ether oxygens (including phenoxy) is 1. The molecule has 2 aliphatic heterocycles. The van der Waals surface area contributed by atoms with Crippen LogP contribution in [0.15, 0.2) is 18.2 Å². The Labute approximate surface area is 157 Å². The summed E-state index contributed by atoms with van der Waals surface area (Å²) in [6.07, 6.45) is 2.97. The summed E-state index contributed by atoms with van der Waals surface area (Å²) in [6, 6.07) is 5.04. The number of hydrogen-bond donors (Lipinski definition) is 1. The van der Waals surface area contributed by atoms with Gasteiger partial charge in [0.05, 0.1) is 10.0 Å². The van der Waals surface area contributed by atoms with E-state index in [0.717, 1.165) is 12.8 Å². The zero-order chi connectivity index (χ0) is 17.8. The van der Waals surface area contributed by atoms with E-state index < -0.39 is 0 Å². The van der Waals surface area contributed by atoms with Gasteiger partial charge in [-0.2, -0.15) is 0 Å². The van der Waals surface area contributed by atoms with Crippen molar-refractivity contribution in [2.45, 2.75) is 25.7 Å². The highest BCUT2D eigenvalue weighted by atomic mass is 35.5. The molecule has 1 aromatic rings. The number of nitrogens with zero attached hydrogens (tertiary/aromatic N) is 1. The van der Waals surface area contributed by atoms with Crippen molar-refractivity contribution in [3.05, 3.63) is 28.2 Å². The van der Waals surface area contributed by atoms with Gasteiger partial charge in [-0.25, -0.2) is 0 Å². The third kappa shape index (κ3) is 4.66. The van der Waals surface area contributed by atoms with E-state index in [1.54, 1.807) is 18.2 Å². The maximum absolute atomic E-state index is 12.5. The molecule has 0 saturated carbocycles. The van der Waals surface area contributed by atoms with Crippen LogP contribution in [-0.2, 0) is 14.3 Å². The standard InChI is InChI=1S/C18H22Cl2N2O3/c19-15-2-1-14(11-16(15)20)21-17(23)12-3-7-22(8-4-12)18(24)13-5-9-25-10-6-13/h1-2,11-13H,3-10H2,(H,21,23). The maximum Gasteiger partial charge on any atom is 0.227 e. The van der Waals surface area contributed by atoms with Gasteiger partial charge in [-0.05, 0) is 43.9 Å². The van der Waals surface area contributed by atoms with E-state index in [1.165, 1.54) is 0 Å². The van der Waals surface area contributed by atoms with Gasteiger partial charge in [0.1, 0.15) is 0 Å². The first-order valence-electron chi connectivity index (χ1n) is 8.67. The summed E-state index contributed by atoms with van der Waals surface area (Å²) in [5, 5.41) is 3.76. The van der Waals surface area contributed by atoms with E-state index in [2.05, 4.69) is 5.32 Å². The highest BCUT2D eigenvalue weighted by Crippen LogP contribution is 2.27. The fourth-order valence-electron chi connectivity index (χ4n) is 3.38. The Morgan fingerprint density at radius 2 is 1.68 bits per heavy atom. The molecule has 5 nitrogen and oxygen atoms in total. The maximum atomic E-state index is 12.5. The Balaban J connectivity index is 1.50. The quantitative estimate of drug-likeness (QED) is 0.865. The van der Waals surface area contributed by atoms with Crippen molar-refractivity contribution in [2.24, 2.45) is 11.8 Å². The molecule has 2 fully saturated rings. The Morgan fingerprint density at radius 1 is 1.00 bits per heavy atom. The van der Waals surface area contributed by atoms with Gasteiger partial charge in [0.2, 0.25) is 11.8 Å². The number of likely N-dealkylation sites (tertiary alicyclic amines) is 1. The summed E-state index contributed by atoms with van der Waals surface area (Å²) in [4.78, 5) is 26.9. The normalized spacial score (nSPS) is 19.7. The van der Waals surface area contributed by atoms with Crippen molar-refractivity contribution in [2.75, 3.05) is 31.6 Å². The third-order valence-electron chi connectivity index (χ3n) is 4.94. The van der Waals surface area contributed by atoms with E-state index in [-0.39, 0.29) is 23.7 Å². The fraction of sp³-hybridized carbons (Fsp3) is 0.556. The van der Waals surface area contributed by atoms with Gasteiger partial charge >= 0.3 is 0 Å². The SMILES string of the molecule is O=C(Nc1ccc(Cl)c(Cl)c1)C1CCN(C(=O)C2CCOCC2)CC1. The zero-order valence-corrected chi connectivity index (χ0v) is 15.5. The van der Waals surface area contributed by atoms with Crippen LogP contribution in [0.2, 0.25) is 10.0 Å². The molecule has 0 bridgehead atoms. The fourth-order valence-corrected chi connectivity index (χ4v) is 3.68. The van der Waals surface area contributed by atoms with Crippen LogP contribution < -0.4 is 5.32 Å². The number of nitrogens with one attached hydrogen (secondary N) is 1. The monoisotopic (exact) mass is 384 g/mol. The predicted octanol–water partition coefficient (Wildman–Crippen LogP) is 3.60. The molecule has 1 N–H and O–H groups in total.